The van der Waals surface area contributed by atoms with Gasteiger partial charge in [0.2, 0.25) is 0 Å². The summed E-state index contributed by atoms with van der Waals surface area (Å²) >= 11 is 0. The molecular formula is C28H44O3. The number of benzene rings is 1. The molecule has 0 aromatic heterocycles. The molecule has 0 amide bonds. The van der Waals surface area contributed by atoms with Gasteiger partial charge in [-0.1, -0.05) is 90.4 Å². The number of unbranched alkanes of at least 4 members (excludes halogenated alkanes) is 13. The molecule has 2 atom stereocenters. The molecule has 1 fully saturated rings. The molecule has 1 aromatic rings. The first-order valence-corrected chi connectivity index (χ1v) is 13.3. The monoisotopic (exact) mass is 428 g/mol. The van der Waals surface area contributed by atoms with Gasteiger partial charge in [0.15, 0.2) is 0 Å². The highest BCUT2D eigenvalue weighted by Gasteiger charge is 2.41. The zero-order valence-corrected chi connectivity index (χ0v) is 19.8. The topological polar surface area (TPSA) is 46.5 Å². The Morgan fingerprint density at radius 3 is 1.90 bits per heavy atom. The first kappa shape index (κ1) is 24.1. The van der Waals surface area contributed by atoms with Gasteiger partial charge < -0.3 is 9.84 Å². The van der Waals surface area contributed by atoms with Crippen molar-refractivity contribution in [3.8, 4) is 11.5 Å². The fourth-order valence-electron chi connectivity index (χ4n) is 5.69. The number of hydrogen-bond acceptors (Lipinski definition) is 3. The summed E-state index contributed by atoms with van der Waals surface area (Å²) < 4.78 is 5.73. The highest BCUT2D eigenvalue weighted by molar-refractivity contribution is 5.73. The van der Waals surface area contributed by atoms with Crippen molar-refractivity contribution in [3.63, 3.8) is 0 Å². The number of ether oxygens (including phenoxy) is 1. The second kappa shape index (κ2) is 13.1. The van der Waals surface area contributed by atoms with Crippen molar-refractivity contribution in [2.24, 2.45) is 0 Å². The van der Waals surface area contributed by atoms with Crippen LogP contribution in [0, 0.1) is 0 Å². The van der Waals surface area contributed by atoms with Crippen LogP contribution in [-0.4, -0.2) is 11.1 Å². The van der Waals surface area contributed by atoms with Gasteiger partial charge >= 0.3 is 5.97 Å². The molecule has 1 N–H and O–H groups in total. The lowest BCUT2D eigenvalue weighted by Gasteiger charge is -2.19. The van der Waals surface area contributed by atoms with Crippen molar-refractivity contribution >= 4 is 5.97 Å². The number of hydrogen-bond donors (Lipinski definition) is 1. The maximum Gasteiger partial charge on any atom is 0.311 e. The smallest absolute Gasteiger partial charge is 0.311 e. The van der Waals surface area contributed by atoms with Gasteiger partial charge in [-0.25, -0.2) is 0 Å². The van der Waals surface area contributed by atoms with Crippen molar-refractivity contribution in [2.45, 2.75) is 134 Å². The number of phenols is 1. The molecule has 31 heavy (non-hydrogen) atoms. The molecule has 0 saturated heterocycles. The van der Waals surface area contributed by atoms with Crippen LogP contribution in [0.25, 0.3) is 0 Å². The van der Waals surface area contributed by atoms with Gasteiger partial charge in [0.1, 0.15) is 11.5 Å². The Labute approximate surface area is 190 Å². The molecule has 2 bridgehead atoms. The normalized spacial score (nSPS) is 19.0. The van der Waals surface area contributed by atoms with Gasteiger partial charge in [-0.15, -0.1) is 0 Å². The van der Waals surface area contributed by atoms with Gasteiger partial charge in [-0.2, -0.15) is 0 Å². The van der Waals surface area contributed by atoms with E-state index in [-0.39, 0.29) is 5.97 Å². The highest BCUT2D eigenvalue weighted by atomic mass is 16.5. The third-order valence-electron chi connectivity index (χ3n) is 7.43. The van der Waals surface area contributed by atoms with Gasteiger partial charge in [0, 0.05) is 17.5 Å². The number of esters is 1. The highest BCUT2D eigenvalue weighted by Crippen LogP contribution is 2.58. The molecule has 1 saturated carbocycles. The minimum atomic E-state index is -0.116. The van der Waals surface area contributed by atoms with E-state index >= 15 is 0 Å². The van der Waals surface area contributed by atoms with E-state index in [1.54, 1.807) is 12.1 Å². The summed E-state index contributed by atoms with van der Waals surface area (Å²) in [6, 6.07) is 3.49. The molecular weight excluding hydrogens is 384 g/mol. The van der Waals surface area contributed by atoms with Crippen molar-refractivity contribution in [1.82, 2.24) is 0 Å². The molecule has 0 aliphatic heterocycles. The number of rotatable bonds is 16. The SMILES string of the molecule is CCCCCCCCCCCCCCCCC(=O)Oc1ccc(O)c2c1C1CCC2C1. The molecule has 0 spiro atoms. The summed E-state index contributed by atoms with van der Waals surface area (Å²) in [5.74, 6) is 1.90. The summed E-state index contributed by atoms with van der Waals surface area (Å²) in [7, 11) is 0. The van der Waals surface area contributed by atoms with Crippen LogP contribution < -0.4 is 4.74 Å². The van der Waals surface area contributed by atoms with Crippen LogP contribution in [-0.2, 0) is 4.79 Å². The van der Waals surface area contributed by atoms with Gasteiger partial charge in [0.25, 0.3) is 0 Å². The van der Waals surface area contributed by atoms with Crippen molar-refractivity contribution in [2.75, 3.05) is 0 Å². The average Bonchev–Trinajstić information content (AvgIpc) is 3.39. The van der Waals surface area contributed by atoms with Crippen molar-refractivity contribution in [3.05, 3.63) is 23.3 Å². The van der Waals surface area contributed by atoms with Crippen LogP contribution in [0.15, 0.2) is 12.1 Å². The van der Waals surface area contributed by atoms with Crippen LogP contribution in [0.1, 0.15) is 145 Å². The van der Waals surface area contributed by atoms with E-state index in [1.807, 2.05) is 0 Å². The van der Waals surface area contributed by atoms with Crippen molar-refractivity contribution in [1.29, 1.82) is 0 Å². The molecule has 3 nitrogen and oxygen atoms in total. The third kappa shape index (κ3) is 7.26. The molecule has 0 radical (unpaired) electrons. The van der Waals surface area contributed by atoms with Crippen LogP contribution in [0.4, 0.5) is 0 Å². The van der Waals surface area contributed by atoms with Crippen LogP contribution in [0.5, 0.6) is 11.5 Å². The molecule has 174 valence electrons. The zero-order chi connectivity index (χ0) is 21.9. The first-order valence-electron chi connectivity index (χ1n) is 13.3. The standard InChI is InChI=1S/C28H44O3/c1-2-3-4-5-6-7-8-9-10-11-12-13-14-15-16-26(30)31-25-20-19-24(29)27-22-17-18-23(21-22)28(25)27/h19-20,22-23,29H,2-18,21H2,1H3. The van der Waals surface area contributed by atoms with E-state index in [1.165, 1.54) is 77.0 Å². The lowest BCUT2D eigenvalue weighted by atomic mass is 9.90. The molecule has 2 aliphatic carbocycles. The molecule has 2 unspecified atom stereocenters. The fraction of sp³-hybridized carbons (Fsp3) is 0.750. The average molecular weight is 429 g/mol. The maximum absolute atomic E-state index is 12.3. The quantitative estimate of drug-likeness (QED) is 0.163. The summed E-state index contributed by atoms with van der Waals surface area (Å²) in [5, 5.41) is 10.2. The van der Waals surface area contributed by atoms with Crippen LogP contribution >= 0.6 is 0 Å². The lowest BCUT2D eigenvalue weighted by molar-refractivity contribution is -0.134. The summed E-state index contributed by atoms with van der Waals surface area (Å²) in [5.41, 5.74) is 2.17. The lowest BCUT2D eigenvalue weighted by Crippen LogP contribution is -2.11. The minimum Gasteiger partial charge on any atom is -0.508 e. The minimum absolute atomic E-state index is 0.116. The van der Waals surface area contributed by atoms with Gasteiger partial charge in [-0.05, 0) is 49.7 Å². The number of phenolic OH excluding ortho intramolecular Hbond substituents is 1. The Hall–Kier alpha value is -1.51. The molecule has 0 heterocycles. The first-order chi connectivity index (χ1) is 15.2. The Kier molecular flexibility index (Phi) is 10.2. The summed E-state index contributed by atoms with van der Waals surface area (Å²) in [4.78, 5) is 12.3. The zero-order valence-electron chi connectivity index (χ0n) is 19.8. The third-order valence-corrected chi connectivity index (χ3v) is 7.43. The van der Waals surface area contributed by atoms with E-state index in [0.29, 0.717) is 29.8 Å². The largest absolute Gasteiger partial charge is 0.508 e. The number of aromatic hydroxyl groups is 1. The summed E-state index contributed by atoms with van der Waals surface area (Å²) in [6.45, 7) is 2.27. The Balaban J connectivity index is 1.20. The van der Waals surface area contributed by atoms with E-state index in [2.05, 4.69) is 6.92 Å². The Morgan fingerprint density at radius 1 is 0.806 bits per heavy atom. The van der Waals surface area contributed by atoms with Gasteiger partial charge in [-0.3, -0.25) is 4.79 Å². The van der Waals surface area contributed by atoms with Crippen LogP contribution in [0.3, 0.4) is 0 Å². The number of carbonyl (C=O) groups excluding carboxylic acids is 1. The Bertz CT molecular complexity index is 681. The van der Waals surface area contributed by atoms with Crippen LogP contribution in [0.2, 0.25) is 0 Å². The second-order valence-corrected chi connectivity index (χ2v) is 9.94. The van der Waals surface area contributed by atoms with Crippen molar-refractivity contribution < 1.29 is 14.6 Å². The van der Waals surface area contributed by atoms with Gasteiger partial charge in [0.05, 0.1) is 0 Å². The maximum atomic E-state index is 12.3. The summed E-state index contributed by atoms with van der Waals surface area (Å²) in [6.07, 6.45) is 22.4. The van der Waals surface area contributed by atoms with E-state index in [0.717, 1.165) is 43.2 Å². The molecule has 1 aromatic carbocycles. The molecule has 3 heteroatoms. The molecule has 2 aliphatic rings. The Morgan fingerprint density at radius 2 is 1.32 bits per heavy atom. The second-order valence-electron chi connectivity index (χ2n) is 9.94. The predicted octanol–water partition coefficient (Wildman–Crippen LogP) is 8.53. The van der Waals surface area contributed by atoms with E-state index < -0.39 is 0 Å². The number of fused-ring (bicyclic) bond motifs is 5. The van der Waals surface area contributed by atoms with E-state index in [9.17, 15) is 9.90 Å². The number of carbonyl (C=O) groups is 1. The molecule has 3 rings (SSSR count). The van der Waals surface area contributed by atoms with E-state index in [4.69, 9.17) is 4.74 Å². The fourth-order valence-corrected chi connectivity index (χ4v) is 5.69. The predicted molar refractivity (Wildman–Crippen MR) is 128 cm³/mol.